The zero-order valence-electron chi connectivity index (χ0n) is 19.6. The van der Waals surface area contributed by atoms with Crippen LogP contribution in [0.2, 0.25) is 0 Å². The molecular weight excluding hydrogens is 452 g/mol. The number of hydrogen-bond acceptors (Lipinski definition) is 4. The van der Waals surface area contributed by atoms with E-state index in [0.29, 0.717) is 19.5 Å². The molecule has 0 spiro atoms. The molecule has 0 radical (unpaired) electrons. The second kappa shape index (κ2) is 10.9. The van der Waals surface area contributed by atoms with E-state index < -0.39 is 11.6 Å². The van der Waals surface area contributed by atoms with Crippen LogP contribution < -0.4 is 15.8 Å². The first-order valence-electron chi connectivity index (χ1n) is 11.5. The highest BCUT2D eigenvalue weighted by atomic mass is 35.5. The highest BCUT2D eigenvalue weighted by molar-refractivity contribution is 5.92. The van der Waals surface area contributed by atoms with E-state index in [-0.39, 0.29) is 30.3 Å². The van der Waals surface area contributed by atoms with Crippen LogP contribution in [0.4, 0.5) is 0 Å². The second-order valence-corrected chi connectivity index (χ2v) is 9.27. The number of amides is 2. The maximum atomic E-state index is 13.5. The topological polar surface area (TPSA) is 100 Å². The number of rotatable bonds is 7. The van der Waals surface area contributed by atoms with Gasteiger partial charge in [-0.3, -0.25) is 9.59 Å². The number of aromatic amines is 1. The van der Waals surface area contributed by atoms with Gasteiger partial charge in [-0.05, 0) is 37.6 Å². The first kappa shape index (κ1) is 25.6. The number of likely N-dealkylation sites (tertiary alicyclic amines) is 1. The van der Waals surface area contributed by atoms with Gasteiger partial charge >= 0.3 is 0 Å². The number of hydrogen-bond donors (Lipinski definition) is 3. The van der Waals surface area contributed by atoms with Crippen molar-refractivity contribution in [3.05, 3.63) is 66.4 Å². The fourth-order valence-corrected chi connectivity index (χ4v) is 4.17. The van der Waals surface area contributed by atoms with E-state index in [0.717, 1.165) is 35.1 Å². The average Bonchev–Trinajstić information content (AvgIpc) is 3.21. The van der Waals surface area contributed by atoms with Crippen LogP contribution in [0.3, 0.4) is 0 Å². The molecule has 2 amide bonds. The standard InChI is InChI=1S/C26H32N4O3.ClH/c1-26(2,27)25(32)29-23(16-18-17-28-22-11-7-6-10-21(18)22)24(31)30-14-12-20(13-15-30)33-19-8-4-3-5-9-19;/h3-11,17,20,23,28H,12-16,27H2,1-2H3,(H,29,32);1H. The summed E-state index contributed by atoms with van der Waals surface area (Å²) in [5.74, 6) is 0.413. The third-order valence-electron chi connectivity index (χ3n) is 6.09. The Morgan fingerprint density at radius 1 is 1.12 bits per heavy atom. The van der Waals surface area contributed by atoms with E-state index in [1.165, 1.54) is 0 Å². The number of carbonyl (C=O) groups is 2. The first-order chi connectivity index (χ1) is 15.8. The summed E-state index contributed by atoms with van der Waals surface area (Å²) in [6, 6.07) is 17.0. The first-order valence-corrected chi connectivity index (χ1v) is 11.5. The van der Waals surface area contributed by atoms with E-state index in [1.54, 1.807) is 13.8 Å². The molecule has 7 nitrogen and oxygen atoms in total. The predicted molar refractivity (Wildman–Crippen MR) is 136 cm³/mol. The second-order valence-electron chi connectivity index (χ2n) is 9.27. The molecule has 0 aliphatic carbocycles. The molecule has 1 fully saturated rings. The molecule has 0 bridgehead atoms. The highest BCUT2D eigenvalue weighted by Crippen LogP contribution is 2.22. The van der Waals surface area contributed by atoms with Gasteiger partial charge in [-0.25, -0.2) is 0 Å². The minimum Gasteiger partial charge on any atom is -0.490 e. The number of H-pyrrole nitrogens is 1. The Bertz CT molecular complexity index is 1100. The molecule has 4 N–H and O–H groups in total. The number of ether oxygens (including phenoxy) is 1. The largest absolute Gasteiger partial charge is 0.490 e. The molecule has 1 aliphatic heterocycles. The van der Waals surface area contributed by atoms with Crippen LogP contribution in [0.15, 0.2) is 60.8 Å². The van der Waals surface area contributed by atoms with Gasteiger partial charge in [-0.1, -0.05) is 36.4 Å². The van der Waals surface area contributed by atoms with E-state index in [2.05, 4.69) is 10.3 Å². The summed E-state index contributed by atoms with van der Waals surface area (Å²) in [7, 11) is 0. The smallest absolute Gasteiger partial charge is 0.245 e. The van der Waals surface area contributed by atoms with Crippen LogP contribution in [0.25, 0.3) is 10.9 Å². The lowest BCUT2D eigenvalue weighted by Crippen LogP contribution is -2.58. The van der Waals surface area contributed by atoms with Crippen molar-refractivity contribution >= 4 is 35.1 Å². The van der Waals surface area contributed by atoms with Crippen LogP contribution in [0.1, 0.15) is 32.3 Å². The van der Waals surface area contributed by atoms with E-state index in [4.69, 9.17) is 10.5 Å². The van der Waals surface area contributed by atoms with Gasteiger partial charge in [0.1, 0.15) is 17.9 Å². The maximum absolute atomic E-state index is 13.5. The van der Waals surface area contributed by atoms with Gasteiger partial charge in [0.2, 0.25) is 11.8 Å². The minimum atomic E-state index is -1.07. The van der Waals surface area contributed by atoms with Gasteiger partial charge in [0.05, 0.1) is 5.54 Å². The van der Waals surface area contributed by atoms with Gasteiger partial charge in [0, 0.05) is 49.5 Å². The summed E-state index contributed by atoms with van der Waals surface area (Å²) in [5.41, 5.74) is 6.92. The number of benzene rings is 2. The Kier molecular flexibility index (Phi) is 8.23. The monoisotopic (exact) mass is 484 g/mol. The molecule has 1 unspecified atom stereocenters. The van der Waals surface area contributed by atoms with Crippen molar-refractivity contribution in [1.29, 1.82) is 0 Å². The predicted octanol–water partition coefficient (Wildman–Crippen LogP) is 3.42. The quantitative estimate of drug-likeness (QED) is 0.478. The number of halogens is 1. The number of aromatic nitrogens is 1. The van der Waals surface area contributed by atoms with E-state index in [1.807, 2.05) is 65.7 Å². The Labute approximate surface area is 206 Å². The Morgan fingerprint density at radius 2 is 1.76 bits per heavy atom. The SMILES string of the molecule is CC(C)(N)C(=O)NC(Cc1c[nH]c2ccccc12)C(=O)N1CCC(Oc2ccccc2)CC1.Cl. The maximum Gasteiger partial charge on any atom is 0.245 e. The van der Waals surface area contributed by atoms with Crippen molar-refractivity contribution in [2.24, 2.45) is 5.73 Å². The van der Waals surface area contributed by atoms with Crippen LogP contribution in [-0.2, 0) is 16.0 Å². The van der Waals surface area contributed by atoms with Crippen LogP contribution in [0.5, 0.6) is 5.75 Å². The minimum absolute atomic E-state index is 0. The lowest BCUT2D eigenvalue weighted by molar-refractivity contribution is -0.138. The highest BCUT2D eigenvalue weighted by Gasteiger charge is 2.33. The number of piperidine rings is 1. The molecule has 1 aliphatic rings. The number of nitrogens with zero attached hydrogens (tertiary/aromatic N) is 1. The summed E-state index contributed by atoms with van der Waals surface area (Å²) >= 11 is 0. The van der Waals surface area contributed by atoms with Gasteiger partial charge in [-0.2, -0.15) is 0 Å². The van der Waals surface area contributed by atoms with E-state index in [9.17, 15) is 9.59 Å². The van der Waals surface area contributed by atoms with Gasteiger partial charge < -0.3 is 25.7 Å². The number of carbonyl (C=O) groups excluding carboxylic acids is 2. The van der Waals surface area contributed by atoms with Crippen LogP contribution >= 0.6 is 12.4 Å². The molecular formula is C26H33ClN4O3. The Morgan fingerprint density at radius 3 is 2.44 bits per heavy atom. The zero-order chi connectivity index (χ0) is 23.4. The van der Waals surface area contributed by atoms with Crippen molar-refractivity contribution in [2.75, 3.05) is 13.1 Å². The van der Waals surface area contributed by atoms with Crippen molar-refractivity contribution in [2.45, 2.75) is 50.8 Å². The number of para-hydroxylation sites is 2. The summed E-state index contributed by atoms with van der Waals surface area (Å²) in [6.45, 7) is 4.45. The molecule has 8 heteroatoms. The third kappa shape index (κ3) is 6.10. The number of nitrogens with two attached hydrogens (primary N) is 1. The molecule has 1 atom stereocenters. The van der Waals surface area contributed by atoms with Gasteiger partial charge in [0.25, 0.3) is 0 Å². The molecule has 3 aromatic rings. The molecule has 4 rings (SSSR count). The lowest BCUT2D eigenvalue weighted by Gasteiger charge is -2.35. The fraction of sp³-hybridized carbons (Fsp3) is 0.385. The molecule has 2 aromatic carbocycles. The molecule has 2 heterocycles. The van der Waals surface area contributed by atoms with Crippen molar-refractivity contribution < 1.29 is 14.3 Å². The summed E-state index contributed by atoms with van der Waals surface area (Å²) < 4.78 is 6.06. The number of fused-ring (bicyclic) bond motifs is 1. The summed E-state index contributed by atoms with van der Waals surface area (Å²) in [4.78, 5) is 31.3. The average molecular weight is 485 g/mol. The van der Waals surface area contributed by atoms with E-state index >= 15 is 0 Å². The zero-order valence-corrected chi connectivity index (χ0v) is 20.4. The van der Waals surface area contributed by atoms with Gasteiger partial charge in [-0.15, -0.1) is 12.4 Å². The van der Waals surface area contributed by atoms with Crippen molar-refractivity contribution in [3.63, 3.8) is 0 Å². The molecule has 1 aromatic heterocycles. The molecule has 34 heavy (non-hydrogen) atoms. The normalized spacial score (nSPS) is 15.4. The lowest BCUT2D eigenvalue weighted by atomic mass is 9.99. The number of nitrogens with one attached hydrogen (secondary N) is 2. The van der Waals surface area contributed by atoms with Crippen molar-refractivity contribution in [3.8, 4) is 5.75 Å². The summed E-state index contributed by atoms with van der Waals surface area (Å²) in [6.07, 6.45) is 3.87. The molecule has 182 valence electrons. The van der Waals surface area contributed by atoms with Crippen LogP contribution in [-0.4, -0.2) is 52.5 Å². The summed E-state index contributed by atoms with van der Waals surface area (Å²) in [5, 5.41) is 3.96. The van der Waals surface area contributed by atoms with Crippen molar-refractivity contribution in [1.82, 2.24) is 15.2 Å². The molecule has 1 saturated heterocycles. The third-order valence-corrected chi connectivity index (χ3v) is 6.09. The Balaban J connectivity index is 0.00000324. The Hall–Kier alpha value is -3.03. The fourth-order valence-electron chi connectivity index (χ4n) is 4.17. The molecule has 0 saturated carbocycles. The van der Waals surface area contributed by atoms with Gasteiger partial charge in [0.15, 0.2) is 0 Å². The van der Waals surface area contributed by atoms with Crippen LogP contribution in [0, 0.1) is 0 Å².